The second kappa shape index (κ2) is 21.9. The number of ether oxygens (including phenoxy) is 2. The molecule has 1 unspecified atom stereocenters. The highest BCUT2D eigenvalue weighted by Gasteiger charge is 2.45. The van der Waals surface area contributed by atoms with E-state index in [1.807, 2.05) is 37.3 Å². The summed E-state index contributed by atoms with van der Waals surface area (Å²) in [6.45, 7) is 7.36. The number of aryl methyl sites for hydroxylation is 1. The first kappa shape index (κ1) is 47.1. The number of pyridine rings is 3. The zero-order chi connectivity index (χ0) is 47.6. The third-order valence-corrected chi connectivity index (χ3v) is 12.2. The Morgan fingerprint density at radius 1 is 0.868 bits per heavy atom. The second-order valence-electron chi connectivity index (χ2n) is 17.2. The molecule has 5 heterocycles. The maximum absolute atomic E-state index is 13.5. The van der Waals surface area contributed by atoms with Gasteiger partial charge in [-0.1, -0.05) is 18.2 Å². The van der Waals surface area contributed by atoms with E-state index < -0.39 is 29.7 Å². The lowest BCUT2D eigenvalue weighted by atomic mass is 9.85. The summed E-state index contributed by atoms with van der Waals surface area (Å²) in [5.41, 5.74) is 5.38. The second-order valence-corrected chi connectivity index (χ2v) is 17.2. The molecule has 2 aliphatic heterocycles. The largest absolute Gasteiger partial charge is 0.382 e. The van der Waals surface area contributed by atoms with Gasteiger partial charge in [0, 0.05) is 67.9 Å². The Morgan fingerprint density at radius 2 is 1.66 bits per heavy atom. The smallest absolute Gasteiger partial charge is 0.264 e. The number of carbonyl (C=O) groups is 6. The summed E-state index contributed by atoms with van der Waals surface area (Å²) < 4.78 is 11.6. The Balaban J connectivity index is 0.703. The minimum Gasteiger partial charge on any atom is -0.382 e. The van der Waals surface area contributed by atoms with E-state index in [1.165, 1.54) is 0 Å². The average Bonchev–Trinajstić information content (AvgIpc) is 4.12. The fraction of sp³-hybridized carbons (Fsp3) is 0.388. The molecule has 6 N–H and O–H groups in total. The van der Waals surface area contributed by atoms with Gasteiger partial charge in [0.2, 0.25) is 17.7 Å². The Labute approximate surface area is 393 Å². The summed E-state index contributed by atoms with van der Waals surface area (Å²) >= 11 is 0. The van der Waals surface area contributed by atoms with E-state index in [4.69, 9.17) is 9.47 Å². The van der Waals surface area contributed by atoms with Crippen molar-refractivity contribution in [3.8, 4) is 0 Å². The molecule has 1 saturated heterocycles. The molecule has 19 heteroatoms. The van der Waals surface area contributed by atoms with Crippen molar-refractivity contribution in [2.75, 3.05) is 42.3 Å². The van der Waals surface area contributed by atoms with Gasteiger partial charge >= 0.3 is 0 Å². The highest BCUT2D eigenvalue weighted by molar-refractivity contribution is 6.25. The van der Waals surface area contributed by atoms with Gasteiger partial charge in [0.1, 0.15) is 17.7 Å². The number of anilines is 4. The van der Waals surface area contributed by atoms with Crippen LogP contribution in [0.25, 0.3) is 6.08 Å². The van der Waals surface area contributed by atoms with Gasteiger partial charge in [-0.15, -0.1) is 0 Å². The molecule has 8 rings (SSSR count). The van der Waals surface area contributed by atoms with Crippen LogP contribution in [0, 0.1) is 12.8 Å². The minimum absolute atomic E-state index is 0.0180. The van der Waals surface area contributed by atoms with Gasteiger partial charge in [0.15, 0.2) is 0 Å². The van der Waals surface area contributed by atoms with Crippen molar-refractivity contribution in [3.05, 3.63) is 106 Å². The molecule has 4 aliphatic rings. The molecule has 3 aromatic heterocycles. The van der Waals surface area contributed by atoms with Gasteiger partial charge in [-0.2, -0.15) is 0 Å². The molecule has 0 radical (unpaired) electrons. The first-order chi connectivity index (χ1) is 33.0. The van der Waals surface area contributed by atoms with Crippen LogP contribution in [0.3, 0.4) is 0 Å². The van der Waals surface area contributed by atoms with Crippen molar-refractivity contribution in [2.45, 2.75) is 89.6 Å². The van der Waals surface area contributed by atoms with Crippen LogP contribution in [-0.4, -0.2) is 106 Å². The van der Waals surface area contributed by atoms with E-state index in [2.05, 4.69) is 58.6 Å². The summed E-state index contributed by atoms with van der Waals surface area (Å²) in [4.78, 5) is 95.3. The Bertz CT molecular complexity index is 2590. The van der Waals surface area contributed by atoms with E-state index >= 15 is 0 Å². The number of fused-ring (bicyclic) bond motifs is 1. The normalized spacial score (nSPS) is 19.1. The van der Waals surface area contributed by atoms with Crippen LogP contribution in [0.1, 0.15) is 105 Å². The lowest BCUT2D eigenvalue weighted by Crippen LogP contribution is -2.54. The molecule has 68 heavy (non-hydrogen) atoms. The lowest BCUT2D eigenvalue weighted by Gasteiger charge is -2.28. The van der Waals surface area contributed by atoms with Crippen LogP contribution in [-0.2, 0) is 37.1 Å². The molecule has 4 aromatic rings. The van der Waals surface area contributed by atoms with Crippen molar-refractivity contribution in [2.24, 2.45) is 10.9 Å². The van der Waals surface area contributed by atoms with Crippen LogP contribution >= 0.6 is 0 Å². The topological polar surface area (TPSA) is 247 Å². The number of nitrogens with one attached hydrogen (secondary N) is 6. The number of amides is 6. The zero-order valence-corrected chi connectivity index (χ0v) is 37.8. The molecule has 2 saturated carbocycles. The first-order valence-corrected chi connectivity index (χ1v) is 22.9. The summed E-state index contributed by atoms with van der Waals surface area (Å²) in [6, 6.07) is 13.6. The average molecular weight is 926 g/mol. The van der Waals surface area contributed by atoms with Crippen molar-refractivity contribution in [1.29, 1.82) is 0 Å². The Morgan fingerprint density at radius 3 is 2.43 bits per heavy atom. The minimum atomic E-state index is -1.03. The fourth-order valence-electron chi connectivity index (χ4n) is 8.38. The van der Waals surface area contributed by atoms with Gasteiger partial charge in [0.05, 0.1) is 60.2 Å². The van der Waals surface area contributed by atoms with Crippen LogP contribution in [0.4, 0.5) is 23.0 Å². The summed E-state index contributed by atoms with van der Waals surface area (Å²) in [6.07, 6.45) is 11.6. The van der Waals surface area contributed by atoms with Gasteiger partial charge in [-0.25, -0.2) is 9.97 Å². The number of aromatic nitrogens is 3. The number of hydrogen-bond donors (Lipinski definition) is 6. The Kier molecular flexibility index (Phi) is 15.2. The lowest BCUT2D eigenvalue weighted by molar-refractivity contribution is -0.136. The zero-order valence-electron chi connectivity index (χ0n) is 37.8. The van der Waals surface area contributed by atoms with Crippen LogP contribution < -0.4 is 31.9 Å². The molecule has 354 valence electrons. The van der Waals surface area contributed by atoms with Crippen molar-refractivity contribution in [1.82, 2.24) is 35.8 Å². The van der Waals surface area contributed by atoms with Crippen molar-refractivity contribution >= 4 is 71.2 Å². The molecular weight excluding hydrogens is 871 g/mol. The van der Waals surface area contributed by atoms with Crippen LogP contribution in [0.2, 0.25) is 0 Å². The van der Waals surface area contributed by atoms with Crippen LogP contribution in [0.15, 0.2) is 72.1 Å². The number of carbonyl (C=O) groups excluding carboxylic acids is 6. The molecule has 6 amide bonds. The van der Waals surface area contributed by atoms with E-state index in [0.29, 0.717) is 93.2 Å². The first-order valence-electron chi connectivity index (χ1n) is 22.9. The van der Waals surface area contributed by atoms with Crippen LogP contribution in [0.5, 0.6) is 0 Å². The molecule has 3 fully saturated rings. The van der Waals surface area contributed by atoms with E-state index in [-0.39, 0.29) is 54.3 Å². The summed E-state index contributed by atoms with van der Waals surface area (Å²) in [7, 11) is 0. The van der Waals surface area contributed by atoms with Gasteiger partial charge in [-0.3, -0.25) is 49.0 Å². The fourth-order valence-corrected chi connectivity index (χ4v) is 8.38. The number of rotatable bonds is 21. The third-order valence-electron chi connectivity index (χ3n) is 12.2. The number of hydrogen-bond acceptors (Lipinski definition) is 15. The summed E-state index contributed by atoms with van der Waals surface area (Å²) in [5.74, 6) is -1.40. The number of imide groups is 2. The maximum Gasteiger partial charge on any atom is 0.264 e. The number of piperidine rings is 1. The number of nitrogens with zero attached hydrogens (tertiary/aromatic N) is 5. The van der Waals surface area contributed by atoms with Gasteiger partial charge in [0.25, 0.3) is 17.7 Å². The standard InChI is InChI=1S/C49H55N11O8/c1-29-6-16-41(57-37(29)18-19-50-2)58-42-24-39(55-32-13-14-32)36(26-54-42)46(63)56-33-11-8-31(9-12-33)45(62)52-21-23-68-28-34-10-7-30(25-53-34)27-67-22-20-51-38-5-3-4-35-44(38)49(66)60(48(35)65)40-15-17-43(61)59-47(40)64/h3-7,10,16,18-19,24-26,31-33,40,51H,2,8-9,11-15,17,20-23,27-28H2,1H3,(H,52,62)(H,56,63)(H,59,61,64)(H2,54,55,57,58)/b19-18-. The number of aliphatic imine (C=N–C) groups is 1. The van der Waals surface area contributed by atoms with Gasteiger partial charge < -0.3 is 36.1 Å². The highest BCUT2D eigenvalue weighted by atomic mass is 16.5. The SMILES string of the molecule is C=N/C=C\c1nc(Nc2cc(NC3CC3)c(C(=O)NC3CCC(C(=O)NCCOCc4ccc(COCCNc5cccc6c5C(=O)N(C5CCC(=O)NC5=O)C6=O)cn4)CC3)cn2)ccc1C. The highest BCUT2D eigenvalue weighted by Crippen LogP contribution is 2.33. The molecule has 19 nitrogen and oxygen atoms in total. The number of benzene rings is 1. The summed E-state index contributed by atoms with van der Waals surface area (Å²) in [5, 5.41) is 18.3. The molecular formula is C49H55N11O8. The molecule has 2 aliphatic carbocycles. The Hall–Kier alpha value is -7.38. The molecule has 0 bridgehead atoms. The maximum atomic E-state index is 13.5. The van der Waals surface area contributed by atoms with E-state index in [1.54, 1.807) is 42.9 Å². The predicted octanol–water partition coefficient (Wildman–Crippen LogP) is 4.82. The van der Waals surface area contributed by atoms with E-state index in [9.17, 15) is 28.8 Å². The van der Waals surface area contributed by atoms with Crippen molar-refractivity contribution < 1.29 is 38.2 Å². The quantitative estimate of drug-likeness (QED) is 0.0373. The molecule has 1 aromatic carbocycles. The molecule has 1 atom stereocenters. The molecule has 0 spiro atoms. The monoisotopic (exact) mass is 925 g/mol. The van der Waals surface area contributed by atoms with Gasteiger partial charge in [-0.05, 0) is 100 Å². The predicted molar refractivity (Wildman–Crippen MR) is 253 cm³/mol. The third kappa shape index (κ3) is 11.8. The van der Waals surface area contributed by atoms with Crippen molar-refractivity contribution in [3.63, 3.8) is 0 Å². The van der Waals surface area contributed by atoms with E-state index in [0.717, 1.165) is 40.3 Å².